The number of nitrogens with zero attached hydrogens (tertiary/aromatic N) is 3. The highest BCUT2D eigenvalue weighted by atomic mass is 35.5. The second-order valence-electron chi connectivity index (χ2n) is 7.42. The van der Waals surface area contributed by atoms with Crippen molar-refractivity contribution in [2.45, 2.75) is 25.8 Å². The van der Waals surface area contributed by atoms with Crippen molar-refractivity contribution < 1.29 is 4.79 Å². The Balaban J connectivity index is 1.49. The van der Waals surface area contributed by atoms with Crippen LogP contribution in [-0.4, -0.2) is 33.8 Å². The summed E-state index contributed by atoms with van der Waals surface area (Å²) in [5.74, 6) is 1.02. The van der Waals surface area contributed by atoms with Gasteiger partial charge in [0.2, 0.25) is 0 Å². The zero-order valence-corrected chi connectivity index (χ0v) is 17.4. The number of aromatic nitrogens is 3. The topological polar surface area (TPSA) is 79.8 Å². The van der Waals surface area contributed by atoms with Crippen LogP contribution in [0.15, 0.2) is 54.9 Å². The third kappa shape index (κ3) is 5.20. The molecule has 1 aliphatic rings. The lowest BCUT2D eigenvalue weighted by Crippen LogP contribution is -2.35. The molecule has 0 saturated carbocycles. The van der Waals surface area contributed by atoms with Crippen molar-refractivity contribution in [1.29, 1.82) is 0 Å². The van der Waals surface area contributed by atoms with Crippen LogP contribution >= 0.6 is 11.6 Å². The number of hydrogen-bond donors (Lipinski definition) is 2. The molecule has 3 aromatic heterocycles. The van der Waals surface area contributed by atoms with Gasteiger partial charge in [-0.25, -0.2) is 4.98 Å². The van der Waals surface area contributed by atoms with Gasteiger partial charge in [-0.1, -0.05) is 23.7 Å². The van der Waals surface area contributed by atoms with E-state index < -0.39 is 0 Å². The van der Waals surface area contributed by atoms with E-state index in [1.165, 1.54) is 0 Å². The lowest BCUT2D eigenvalue weighted by Gasteiger charge is -2.21. The number of piperidine rings is 1. The van der Waals surface area contributed by atoms with E-state index in [4.69, 9.17) is 11.6 Å². The second kappa shape index (κ2) is 9.78. The number of rotatable bonds is 7. The Bertz CT molecular complexity index is 1010. The van der Waals surface area contributed by atoms with Crippen molar-refractivity contribution >= 4 is 23.2 Å². The van der Waals surface area contributed by atoms with E-state index >= 15 is 0 Å². The number of carbonyl (C=O) groups is 1. The molecular formula is C23H24ClN5O. The standard InChI is InChI=1S/C23H24ClN5O/c24-20-15-27-18(12-22(30)16-5-4-9-25-13-16)11-19(20)21-7-3-8-23(29-21)28-14-17-6-1-2-10-26-17/h1-3,6-8,10-11,15-16,25H,4-5,9,12-14H2,(H,28,29)/t16-/m1/s1. The third-order valence-corrected chi connectivity index (χ3v) is 5.52. The average molecular weight is 422 g/mol. The van der Waals surface area contributed by atoms with E-state index in [-0.39, 0.29) is 11.7 Å². The Hall–Kier alpha value is -2.83. The van der Waals surface area contributed by atoms with E-state index in [0.29, 0.717) is 18.0 Å². The van der Waals surface area contributed by atoms with Gasteiger partial charge >= 0.3 is 0 Å². The highest BCUT2D eigenvalue weighted by Gasteiger charge is 2.21. The predicted molar refractivity (Wildman–Crippen MR) is 118 cm³/mol. The minimum atomic E-state index is 0.0666. The summed E-state index contributed by atoms with van der Waals surface area (Å²) < 4.78 is 0. The first-order valence-electron chi connectivity index (χ1n) is 10.2. The number of ketones is 1. The molecule has 7 heteroatoms. The van der Waals surface area contributed by atoms with E-state index in [1.807, 2.05) is 42.5 Å². The van der Waals surface area contributed by atoms with Crippen LogP contribution in [0.4, 0.5) is 5.82 Å². The van der Waals surface area contributed by atoms with Crippen LogP contribution in [-0.2, 0) is 17.8 Å². The van der Waals surface area contributed by atoms with Crippen molar-refractivity contribution in [2.24, 2.45) is 5.92 Å². The van der Waals surface area contributed by atoms with E-state index in [2.05, 4.69) is 25.6 Å². The highest BCUT2D eigenvalue weighted by Crippen LogP contribution is 2.28. The Kier molecular flexibility index (Phi) is 6.67. The van der Waals surface area contributed by atoms with Gasteiger partial charge in [0.05, 0.1) is 23.0 Å². The molecule has 0 bridgehead atoms. The lowest BCUT2D eigenvalue weighted by atomic mass is 9.92. The van der Waals surface area contributed by atoms with Gasteiger partial charge in [0.15, 0.2) is 0 Å². The summed E-state index contributed by atoms with van der Waals surface area (Å²) in [6.07, 6.45) is 5.67. The smallest absolute Gasteiger partial charge is 0.143 e. The molecule has 4 heterocycles. The van der Waals surface area contributed by atoms with Crippen LogP contribution in [0, 0.1) is 5.92 Å². The minimum Gasteiger partial charge on any atom is -0.364 e. The van der Waals surface area contributed by atoms with Crippen LogP contribution in [0.2, 0.25) is 5.02 Å². The molecule has 6 nitrogen and oxygen atoms in total. The molecule has 3 aromatic rings. The molecular weight excluding hydrogens is 398 g/mol. The Morgan fingerprint density at radius 3 is 2.90 bits per heavy atom. The monoisotopic (exact) mass is 421 g/mol. The van der Waals surface area contributed by atoms with Crippen molar-refractivity contribution in [3.05, 3.63) is 71.3 Å². The van der Waals surface area contributed by atoms with Crippen molar-refractivity contribution in [3.63, 3.8) is 0 Å². The molecule has 154 valence electrons. The summed E-state index contributed by atoms with van der Waals surface area (Å²) in [6, 6.07) is 13.4. The first kappa shape index (κ1) is 20.4. The largest absolute Gasteiger partial charge is 0.364 e. The van der Waals surface area contributed by atoms with Gasteiger partial charge in [0, 0.05) is 42.5 Å². The summed E-state index contributed by atoms with van der Waals surface area (Å²) in [6.45, 7) is 2.32. The number of hydrogen-bond acceptors (Lipinski definition) is 6. The molecule has 0 aliphatic carbocycles. The number of pyridine rings is 3. The minimum absolute atomic E-state index is 0.0666. The van der Waals surface area contributed by atoms with Crippen molar-refractivity contribution in [1.82, 2.24) is 20.3 Å². The molecule has 0 spiro atoms. The van der Waals surface area contributed by atoms with Gasteiger partial charge in [0.1, 0.15) is 11.6 Å². The highest BCUT2D eigenvalue weighted by molar-refractivity contribution is 6.33. The summed E-state index contributed by atoms with van der Waals surface area (Å²) in [4.78, 5) is 26.0. The van der Waals surface area contributed by atoms with Gasteiger partial charge in [-0.3, -0.25) is 14.8 Å². The Morgan fingerprint density at radius 2 is 2.10 bits per heavy atom. The van der Waals surface area contributed by atoms with Gasteiger partial charge in [0.25, 0.3) is 0 Å². The Labute approximate surface area is 181 Å². The maximum atomic E-state index is 12.6. The maximum absolute atomic E-state index is 12.6. The summed E-state index contributed by atoms with van der Waals surface area (Å²) in [5.41, 5.74) is 3.17. The third-order valence-electron chi connectivity index (χ3n) is 5.22. The fourth-order valence-corrected chi connectivity index (χ4v) is 3.79. The molecule has 4 rings (SSSR count). The normalized spacial score (nSPS) is 16.2. The number of Topliss-reactive ketones (excluding diaryl/α,β-unsaturated/α-hetero) is 1. The van der Waals surface area contributed by atoms with Crippen LogP contribution in [0.3, 0.4) is 0 Å². The van der Waals surface area contributed by atoms with Gasteiger partial charge in [-0.2, -0.15) is 0 Å². The fraction of sp³-hybridized carbons (Fsp3) is 0.304. The van der Waals surface area contributed by atoms with Crippen LogP contribution in [0.25, 0.3) is 11.3 Å². The van der Waals surface area contributed by atoms with Crippen LogP contribution in [0.1, 0.15) is 24.2 Å². The van der Waals surface area contributed by atoms with Crippen molar-refractivity contribution in [2.75, 3.05) is 18.4 Å². The van der Waals surface area contributed by atoms with Crippen LogP contribution in [0.5, 0.6) is 0 Å². The molecule has 1 fully saturated rings. The van der Waals surface area contributed by atoms with Gasteiger partial charge < -0.3 is 10.6 Å². The number of halogens is 1. The van der Waals surface area contributed by atoms with E-state index in [0.717, 1.165) is 54.4 Å². The zero-order chi connectivity index (χ0) is 20.8. The van der Waals surface area contributed by atoms with Gasteiger partial charge in [-0.15, -0.1) is 0 Å². The summed E-state index contributed by atoms with van der Waals surface area (Å²) in [7, 11) is 0. The van der Waals surface area contributed by atoms with Crippen molar-refractivity contribution in [3.8, 4) is 11.3 Å². The SMILES string of the molecule is O=C(Cc1cc(-c2cccc(NCc3ccccn3)n2)c(Cl)cn1)[C@@H]1CCCNC1. The summed E-state index contributed by atoms with van der Waals surface area (Å²) in [5, 5.41) is 7.09. The second-order valence-corrected chi connectivity index (χ2v) is 7.83. The first-order chi connectivity index (χ1) is 14.7. The number of carbonyl (C=O) groups excluding carboxylic acids is 1. The maximum Gasteiger partial charge on any atom is 0.143 e. The summed E-state index contributed by atoms with van der Waals surface area (Å²) >= 11 is 6.41. The molecule has 30 heavy (non-hydrogen) atoms. The predicted octanol–water partition coefficient (Wildman–Crippen LogP) is 3.92. The quantitative estimate of drug-likeness (QED) is 0.602. The lowest BCUT2D eigenvalue weighted by molar-refractivity contribution is -0.122. The zero-order valence-electron chi connectivity index (χ0n) is 16.6. The van der Waals surface area contributed by atoms with Gasteiger partial charge in [-0.05, 0) is 49.7 Å². The molecule has 0 amide bonds. The fourth-order valence-electron chi connectivity index (χ4n) is 3.59. The van der Waals surface area contributed by atoms with E-state index in [1.54, 1.807) is 12.4 Å². The number of nitrogens with one attached hydrogen (secondary N) is 2. The van der Waals surface area contributed by atoms with Crippen LogP contribution < -0.4 is 10.6 Å². The molecule has 0 radical (unpaired) electrons. The molecule has 1 saturated heterocycles. The molecule has 0 unspecified atom stereocenters. The first-order valence-corrected chi connectivity index (χ1v) is 10.6. The molecule has 0 aromatic carbocycles. The molecule has 1 atom stereocenters. The molecule has 1 aliphatic heterocycles. The molecule has 2 N–H and O–H groups in total. The number of anilines is 1. The Morgan fingerprint density at radius 1 is 1.17 bits per heavy atom. The van der Waals surface area contributed by atoms with E-state index in [9.17, 15) is 4.79 Å². The average Bonchev–Trinajstić information content (AvgIpc) is 2.80.